The summed E-state index contributed by atoms with van der Waals surface area (Å²) in [5.41, 5.74) is 1.46. The fraction of sp³-hybridized carbons (Fsp3) is 0.700. The van der Waals surface area contributed by atoms with Crippen LogP contribution in [0, 0.1) is 5.82 Å². The highest BCUT2D eigenvalue weighted by molar-refractivity contribution is 5.40. The molecule has 0 radical (unpaired) electrons. The van der Waals surface area contributed by atoms with Gasteiger partial charge in [0.1, 0.15) is 11.6 Å². The third kappa shape index (κ3) is 4.72. The van der Waals surface area contributed by atoms with Gasteiger partial charge in [0.05, 0.1) is 0 Å². The first kappa shape index (κ1) is 17.3. The van der Waals surface area contributed by atoms with Gasteiger partial charge < -0.3 is 5.11 Å². The zero-order valence-electron chi connectivity index (χ0n) is 14.2. The summed E-state index contributed by atoms with van der Waals surface area (Å²) in [6.45, 7) is 3.97. The van der Waals surface area contributed by atoms with Crippen molar-refractivity contribution in [3.63, 3.8) is 0 Å². The Morgan fingerprint density at radius 3 is 1.91 bits per heavy atom. The molecule has 0 aromatic heterocycles. The molecule has 2 rings (SSSR count). The molecule has 0 spiro atoms. The highest BCUT2D eigenvalue weighted by atomic mass is 19.1. The van der Waals surface area contributed by atoms with Crippen molar-refractivity contribution >= 4 is 0 Å². The summed E-state index contributed by atoms with van der Waals surface area (Å²) in [5.74, 6) is 0.559. The Kier molecular flexibility index (Phi) is 6.72. The number of halogens is 1. The van der Waals surface area contributed by atoms with Crippen LogP contribution in [-0.4, -0.2) is 5.11 Å². The van der Waals surface area contributed by atoms with Gasteiger partial charge in [-0.1, -0.05) is 65.2 Å². The second kappa shape index (κ2) is 8.55. The molecule has 1 aliphatic rings. The molecule has 0 amide bonds. The maximum Gasteiger partial charge on any atom is 0.127 e. The molecule has 0 atom stereocenters. The number of benzene rings is 1. The minimum Gasteiger partial charge on any atom is -0.508 e. The summed E-state index contributed by atoms with van der Waals surface area (Å²) in [4.78, 5) is 0. The molecular formula is C20H31FO. The van der Waals surface area contributed by atoms with Crippen LogP contribution in [0.1, 0.15) is 101 Å². The van der Waals surface area contributed by atoms with E-state index in [0.29, 0.717) is 0 Å². The number of aromatic hydroxyl groups is 1. The lowest BCUT2D eigenvalue weighted by Crippen LogP contribution is -2.04. The third-order valence-electron chi connectivity index (χ3n) is 5.06. The van der Waals surface area contributed by atoms with Crippen molar-refractivity contribution in [2.24, 2.45) is 0 Å². The second-order valence-corrected chi connectivity index (χ2v) is 7.19. The van der Waals surface area contributed by atoms with E-state index in [1.807, 2.05) is 13.8 Å². The Labute approximate surface area is 134 Å². The Bertz CT molecular complexity index is 455. The lowest BCUT2D eigenvalue weighted by Gasteiger charge is -2.20. The smallest absolute Gasteiger partial charge is 0.127 e. The number of hydrogen-bond donors (Lipinski definition) is 1. The molecule has 0 unspecified atom stereocenters. The summed E-state index contributed by atoms with van der Waals surface area (Å²) in [7, 11) is 0. The first-order chi connectivity index (χ1) is 10.6. The van der Waals surface area contributed by atoms with Crippen LogP contribution in [-0.2, 0) is 0 Å². The van der Waals surface area contributed by atoms with Gasteiger partial charge >= 0.3 is 0 Å². The standard InChI is InChI=1S/C20H31FO/c1-15(2)17-13-19(21)18(14-20(17)22)16-11-9-7-5-3-4-6-8-10-12-16/h13-16,22H,3-12H2,1-2H3. The summed E-state index contributed by atoms with van der Waals surface area (Å²) >= 11 is 0. The number of phenols is 1. The zero-order valence-corrected chi connectivity index (χ0v) is 14.2. The van der Waals surface area contributed by atoms with Gasteiger partial charge in [0.2, 0.25) is 0 Å². The van der Waals surface area contributed by atoms with Gasteiger partial charge in [-0.15, -0.1) is 0 Å². The van der Waals surface area contributed by atoms with Gasteiger partial charge in [-0.05, 0) is 47.9 Å². The van der Waals surface area contributed by atoms with E-state index in [9.17, 15) is 9.50 Å². The molecular weight excluding hydrogens is 275 g/mol. The summed E-state index contributed by atoms with van der Waals surface area (Å²) < 4.78 is 14.6. The van der Waals surface area contributed by atoms with Crippen molar-refractivity contribution in [3.8, 4) is 5.75 Å². The summed E-state index contributed by atoms with van der Waals surface area (Å²) in [5, 5.41) is 10.2. The Balaban J connectivity index is 2.17. The van der Waals surface area contributed by atoms with E-state index < -0.39 is 0 Å². The predicted molar refractivity (Wildman–Crippen MR) is 91.1 cm³/mol. The normalized spacial score (nSPS) is 19.1. The molecule has 1 N–H and O–H groups in total. The van der Waals surface area contributed by atoms with Crippen LogP contribution in [0.2, 0.25) is 0 Å². The van der Waals surface area contributed by atoms with Crippen molar-refractivity contribution < 1.29 is 9.50 Å². The van der Waals surface area contributed by atoms with Crippen LogP contribution in [0.4, 0.5) is 4.39 Å². The fourth-order valence-corrected chi connectivity index (χ4v) is 3.67. The molecule has 1 aromatic carbocycles. The van der Waals surface area contributed by atoms with E-state index in [1.165, 1.54) is 51.4 Å². The van der Waals surface area contributed by atoms with E-state index in [1.54, 1.807) is 12.1 Å². The third-order valence-corrected chi connectivity index (χ3v) is 5.06. The van der Waals surface area contributed by atoms with E-state index >= 15 is 0 Å². The van der Waals surface area contributed by atoms with Crippen LogP contribution in [0.3, 0.4) is 0 Å². The van der Waals surface area contributed by atoms with E-state index in [4.69, 9.17) is 0 Å². The Morgan fingerprint density at radius 1 is 0.909 bits per heavy atom. The van der Waals surface area contributed by atoms with Gasteiger partial charge in [0, 0.05) is 0 Å². The van der Waals surface area contributed by atoms with Crippen molar-refractivity contribution in [2.45, 2.75) is 89.9 Å². The van der Waals surface area contributed by atoms with Crippen molar-refractivity contribution in [1.29, 1.82) is 0 Å². The van der Waals surface area contributed by atoms with E-state index in [0.717, 1.165) is 24.0 Å². The molecule has 0 heterocycles. The first-order valence-corrected chi connectivity index (χ1v) is 9.12. The van der Waals surface area contributed by atoms with Crippen molar-refractivity contribution in [3.05, 3.63) is 29.1 Å². The first-order valence-electron chi connectivity index (χ1n) is 9.12. The average molecular weight is 306 g/mol. The van der Waals surface area contributed by atoms with Gasteiger partial charge in [-0.3, -0.25) is 0 Å². The van der Waals surface area contributed by atoms with Crippen LogP contribution in [0.25, 0.3) is 0 Å². The molecule has 1 aliphatic carbocycles. The molecule has 124 valence electrons. The van der Waals surface area contributed by atoms with Crippen molar-refractivity contribution in [1.82, 2.24) is 0 Å². The van der Waals surface area contributed by atoms with E-state index in [-0.39, 0.29) is 23.4 Å². The minimum atomic E-state index is -0.124. The minimum absolute atomic E-state index is 0.124. The topological polar surface area (TPSA) is 20.2 Å². The van der Waals surface area contributed by atoms with Gasteiger partial charge in [0.15, 0.2) is 0 Å². The molecule has 2 heteroatoms. The van der Waals surface area contributed by atoms with Crippen LogP contribution < -0.4 is 0 Å². The second-order valence-electron chi connectivity index (χ2n) is 7.19. The zero-order chi connectivity index (χ0) is 15.9. The number of hydrogen-bond acceptors (Lipinski definition) is 1. The maximum atomic E-state index is 14.6. The molecule has 0 bridgehead atoms. The lowest BCUT2D eigenvalue weighted by atomic mass is 9.86. The van der Waals surface area contributed by atoms with Crippen LogP contribution >= 0.6 is 0 Å². The largest absolute Gasteiger partial charge is 0.508 e. The highest BCUT2D eigenvalue weighted by Crippen LogP contribution is 2.36. The van der Waals surface area contributed by atoms with Gasteiger partial charge in [-0.25, -0.2) is 4.39 Å². The summed E-state index contributed by atoms with van der Waals surface area (Å²) in [6, 6.07) is 3.26. The van der Waals surface area contributed by atoms with E-state index in [2.05, 4.69) is 0 Å². The lowest BCUT2D eigenvalue weighted by molar-refractivity contribution is 0.449. The Morgan fingerprint density at radius 2 is 1.41 bits per heavy atom. The number of phenolic OH excluding ortho intramolecular Hbond substituents is 1. The van der Waals surface area contributed by atoms with Crippen LogP contribution in [0.15, 0.2) is 12.1 Å². The maximum absolute atomic E-state index is 14.6. The Hall–Kier alpha value is -1.05. The summed E-state index contributed by atoms with van der Waals surface area (Å²) in [6.07, 6.45) is 12.3. The molecule has 0 saturated heterocycles. The van der Waals surface area contributed by atoms with Crippen molar-refractivity contribution in [2.75, 3.05) is 0 Å². The molecule has 1 fully saturated rings. The average Bonchev–Trinajstić information content (AvgIpc) is 2.54. The molecule has 1 saturated carbocycles. The molecule has 1 nitrogen and oxygen atoms in total. The predicted octanol–water partition coefficient (Wildman–Crippen LogP) is 6.65. The van der Waals surface area contributed by atoms with Gasteiger partial charge in [0.25, 0.3) is 0 Å². The van der Waals surface area contributed by atoms with Crippen LogP contribution in [0.5, 0.6) is 5.75 Å². The van der Waals surface area contributed by atoms with Gasteiger partial charge in [-0.2, -0.15) is 0 Å². The molecule has 1 aromatic rings. The molecule has 0 aliphatic heterocycles. The monoisotopic (exact) mass is 306 g/mol. The fourth-order valence-electron chi connectivity index (χ4n) is 3.67. The molecule has 22 heavy (non-hydrogen) atoms. The number of rotatable bonds is 2. The highest BCUT2D eigenvalue weighted by Gasteiger charge is 2.19. The SMILES string of the molecule is CC(C)c1cc(F)c(C2CCCCCCCCCC2)cc1O. The quantitative estimate of drug-likeness (QED) is 0.648.